The second kappa shape index (κ2) is 19.3. The van der Waals surface area contributed by atoms with Crippen LogP contribution in [0.2, 0.25) is 0 Å². The molecule has 0 bridgehead atoms. The Kier molecular flexibility index (Phi) is 14.4. The lowest BCUT2D eigenvalue weighted by Gasteiger charge is -2.19. The maximum absolute atomic E-state index is 6.60. The van der Waals surface area contributed by atoms with Crippen molar-refractivity contribution in [1.82, 2.24) is 5.43 Å². The van der Waals surface area contributed by atoms with Crippen LogP contribution in [0.5, 0.6) is 0 Å². The molecule has 0 saturated heterocycles. The number of aryl methyl sites for hydroxylation is 2. The topological polar surface area (TPSA) is 64.1 Å². The molecule has 0 unspecified atom stereocenters. The van der Waals surface area contributed by atoms with Crippen LogP contribution in [0.3, 0.4) is 0 Å². The van der Waals surface area contributed by atoms with Gasteiger partial charge >= 0.3 is 0 Å². The third-order valence-electron chi connectivity index (χ3n) is 9.28. The van der Waals surface area contributed by atoms with E-state index in [4.69, 9.17) is 11.6 Å². The van der Waals surface area contributed by atoms with E-state index in [-0.39, 0.29) is 0 Å². The predicted molar refractivity (Wildman–Crippen MR) is 234 cm³/mol. The van der Waals surface area contributed by atoms with Gasteiger partial charge in [-0.1, -0.05) is 149 Å². The number of hydrazine groups is 1. The van der Waals surface area contributed by atoms with Crippen LogP contribution < -0.4 is 17.0 Å². The Labute approximate surface area is 319 Å². The molecule has 1 aromatic heterocycles. The van der Waals surface area contributed by atoms with Crippen LogP contribution in [-0.2, 0) is 18.6 Å². The van der Waals surface area contributed by atoms with Gasteiger partial charge in [-0.3, -0.25) is 5.84 Å². The van der Waals surface area contributed by atoms with Crippen LogP contribution in [-0.4, -0.2) is 0 Å². The highest BCUT2D eigenvalue weighted by atomic mass is 32.2. The second-order valence-corrected chi connectivity index (χ2v) is 14.5. The highest BCUT2D eigenvalue weighted by Gasteiger charge is 2.18. The number of thiophene rings is 1. The summed E-state index contributed by atoms with van der Waals surface area (Å²) in [5, 5.41) is 3.94. The molecule has 0 saturated carbocycles. The van der Waals surface area contributed by atoms with E-state index in [2.05, 4.69) is 122 Å². The minimum absolute atomic E-state index is 0.897. The lowest BCUT2D eigenvalue weighted by molar-refractivity contribution is 0.936. The Morgan fingerprint density at radius 3 is 2.23 bits per heavy atom. The molecule has 3 nitrogen and oxygen atoms in total. The van der Waals surface area contributed by atoms with Gasteiger partial charge in [-0.25, -0.2) is 0 Å². The van der Waals surface area contributed by atoms with Crippen molar-refractivity contribution in [1.29, 1.82) is 0 Å². The zero-order valence-electron chi connectivity index (χ0n) is 31.3. The Morgan fingerprint density at radius 1 is 0.788 bits per heavy atom. The van der Waals surface area contributed by atoms with Crippen LogP contribution in [0, 0.1) is 0 Å². The number of rotatable bonds is 7. The number of hydrogen-bond acceptors (Lipinski definition) is 5. The molecule has 5 aromatic carbocycles. The summed E-state index contributed by atoms with van der Waals surface area (Å²) in [4.78, 5) is 2.63. The summed E-state index contributed by atoms with van der Waals surface area (Å²) < 4.78 is 1.39. The van der Waals surface area contributed by atoms with Gasteiger partial charge in [0, 0.05) is 25.6 Å². The number of thioether (sulfide) groups is 1. The number of nitrogens with one attached hydrogen (secondary N) is 1. The summed E-state index contributed by atoms with van der Waals surface area (Å²) >= 11 is 3.74. The standard InChI is InChI=1S/C22H21NS.C21H20N2S.2C2H6/c1-15-7-11-19-18(13-15)9-8-17-10-12-20(22(23)21(17)19)24-14-16-5-3-2-4-6-16;22-23-19(15-7-2-1-3-8-15)14-13-16-9-6-11-18-17-10-4-5-12-20(17)24-21(16)18;2*1-2/h2-6,8-10,12-13H,7,11,14,23H2,1H3;1-5,7-10,12,14,23H,6,11,13,22H2;2*1-2H3/b;19-14-;;. The normalized spacial score (nSPS) is 13.2. The van der Waals surface area contributed by atoms with Gasteiger partial charge in [0.1, 0.15) is 0 Å². The number of hydrogen-bond donors (Lipinski definition) is 3. The molecule has 2 aliphatic rings. The summed E-state index contributed by atoms with van der Waals surface area (Å²) in [5.41, 5.74) is 21.0. The maximum atomic E-state index is 6.60. The maximum Gasteiger partial charge on any atom is 0.0535 e. The lowest BCUT2D eigenvalue weighted by Crippen LogP contribution is -2.20. The average molecular weight is 724 g/mol. The van der Waals surface area contributed by atoms with E-state index < -0.39 is 0 Å². The zero-order valence-corrected chi connectivity index (χ0v) is 33.0. The first kappa shape index (κ1) is 38.7. The van der Waals surface area contributed by atoms with Gasteiger partial charge in [-0.2, -0.15) is 0 Å². The van der Waals surface area contributed by atoms with Crippen LogP contribution in [0.4, 0.5) is 5.69 Å². The van der Waals surface area contributed by atoms with Crippen LogP contribution in [0.1, 0.15) is 86.6 Å². The van der Waals surface area contributed by atoms with Gasteiger partial charge < -0.3 is 11.2 Å². The predicted octanol–water partition coefficient (Wildman–Crippen LogP) is 13.2. The van der Waals surface area contributed by atoms with Gasteiger partial charge in [0.15, 0.2) is 0 Å². The molecule has 5 heteroatoms. The number of benzene rings is 5. The van der Waals surface area contributed by atoms with Crippen molar-refractivity contribution in [3.8, 4) is 0 Å². The molecule has 2 aliphatic carbocycles. The number of allylic oxidation sites excluding steroid dienone is 4. The molecule has 0 amide bonds. The fourth-order valence-corrected chi connectivity index (χ4v) is 9.04. The average Bonchev–Trinajstić information content (AvgIpc) is 3.60. The third kappa shape index (κ3) is 9.08. The minimum atomic E-state index is 0.897. The minimum Gasteiger partial charge on any atom is -0.397 e. The highest BCUT2D eigenvalue weighted by molar-refractivity contribution is 7.98. The van der Waals surface area contributed by atoms with Crippen LogP contribution in [0.25, 0.3) is 38.2 Å². The van der Waals surface area contributed by atoms with Gasteiger partial charge in [0.05, 0.1) is 11.4 Å². The highest BCUT2D eigenvalue weighted by Crippen LogP contribution is 2.41. The van der Waals surface area contributed by atoms with E-state index in [9.17, 15) is 0 Å². The van der Waals surface area contributed by atoms with E-state index in [1.807, 2.05) is 69.0 Å². The number of nitrogen functional groups attached to an aromatic ring is 1. The number of fused-ring (bicyclic) bond motifs is 6. The number of nitrogens with two attached hydrogens (primary N) is 2. The summed E-state index contributed by atoms with van der Waals surface area (Å²) in [6, 6.07) is 38.3. The molecule has 0 radical (unpaired) electrons. The van der Waals surface area contributed by atoms with Gasteiger partial charge in [0.25, 0.3) is 0 Å². The molecular weight excluding hydrogens is 671 g/mol. The van der Waals surface area contributed by atoms with E-state index in [0.29, 0.717) is 0 Å². The molecule has 8 rings (SSSR count). The quantitative estimate of drug-likeness (QED) is 0.0664. The molecule has 0 atom stereocenters. The second-order valence-electron chi connectivity index (χ2n) is 12.5. The molecule has 1 heterocycles. The first-order valence-electron chi connectivity index (χ1n) is 18.7. The van der Waals surface area contributed by atoms with Gasteiger partial charge in [-0.05, 0) is 95.3 Å². The largest absolute Gasteiger partial charge is 0.397 e. The fourth-order valence-electron chi connectivity index (χ4n) is 6.80. The monoisotopic (exact) mass is 723 g/mol. The van der Waals surface area contributed by atoms with Crippen LogP contribution in [0.15, 0.2) is 132 Å². The molecule has 5 N–H and O–H groups in total. The summed E-state index contributed by atoms with van der Waals surface area (Å²) in [5.74, 6) is 6.69. The Hall–Kier alpha value is -4.55. The molecule has 268 valence electrons. The first-order chi connectivity index (χ1) is 25.6. The Bertz CT molecular complexity index is 2160. The van der Waals surface area contributed by atoms with E-state index >= 15 is 0 Å². The van der Waals surface area contributed by atoms with E-state index in [1.165, 1.54) is 64.0 Å². The van der Waals surface area contributed by atoms with Gasteiger partial charge in [-0.15, -0.1) is 23.1 Å². The molecule has 6 aromatic rings. The van der Waals surface area contributed by atoms with Gasteiger partial charge in [0.2, 0.25) is 0 Å². The Morgan fingerprint density at radius 2 is 1.48 bits per heavy atom. The SMILES string of the molecule is CC.CC.CC1=Cc2ccc3ccc(SCc4ccccc4)c(N)c3c2CC1.NN/C(=C\CC1=CCCc2c1sc1ccccc21)c1ccccc1. The summed E-state index contributed by atoms with van der Waals surface area (Å²) in [7, 11) is 0. The zero-order chi connectivity index (χ0) is 36.9. The smallest absolute Gasteiger partial charge is 0.0535 e. The molecule has 52 heavy (non-hydrogen) atoms. The molecule has 0 spiro atoms. The van der Waals surface area contributed by atoms with Crippen LogP contribution >= 0.6 is 23.1 Å². The Balaban J connectivity index is 0.000000184. The van der Waals surface area contributed by atoms with Crippen molar-refractivity contribution < 1.29 is 0 Å². The van der Waals surface area contributed by atoms with Crippen molar-refractivity contribution in [3.05, 3.63) is 160 Å². The first-order valence-corrected chi connectivity index (χ1v) is 20.5. The van der Waals surface area contributed by atoms with Crippen molar-refractivity contribution in [2.75, 3.05) is 5.73 Å². The van der Waals surface area contributed by atoms with E-state index in [0.717, 1.165) is 54.8 Å². The molecular formula is C47H53N3S2. The van der Waals surface area contributed by atoms with E-state index in [1.54, 1.807) is 0 Å². The van der Waals surface area contributed by atoms with Crippen molar-refractivity contribution in [2.45, 2.75) is 77.4 Å². The van der Waals surface area contributed by atoms with Crippen molar-refractivity contribution in [2.24, 2.45) is 5.84 Å². The fraction of sp³-hybridized carbons (Fsp3) is 0.234. The summed E-state index contributed by atoms with van der Waals surface area (Å²) in [6.07, 6.45) is 12.3. The van der Waals surface area contributed by atoms with Crippen molar-refractivity contribution in [3.63, 3.8) is 0 Å². The lowest BCUT2D eigenvalue weighted by atomic mass is 9.88. The number of anilines is 1. The van der Waals surface area contributed by atoms with Crippen molar-refractivity contribution >= 4 is 67.0 Å². The molecule has 0 aliphatic heterocycles. The third-order valence-corrected chi connectivity index (χ3v) is 11.7. The molecule has 0 fully saturated rings. The summed E-state index contributed by atoms with van der Waals surface area (Å²) in [6.45, 7) is 10.2.